The molecule has 0 unspecified atom stereocenters. The molecule has 0 fully saturated rings. The topological polar surface area (TPSA) is 49.4 Å². The summed E-state index contributed by atoms with van der Waals surface area (Å²) in [7, 11) is 4.11. The maximum Gasteiger partial charge on any atom is 0.127 e. The molecule has 174 valence electrons. The molecule has 0 bridgehead atoms. The van der Waals surface area contributed by atoms with E-state index in [1.807, 2.05) is 12.1 Å². The van der Waals surface area contributed by atoms with E-state index in [4.69, 9.17) is 9.72 Å². The van der Waals surface area contributed by atoms with Crippen LogP contribution in [0.3, 0.4) is 0 Å². The van der Waals surface area contributed by atoms with E-state index in [2.05, 4.69) is 96.4 Å². The number of likely N-dealkylation sites (N-methyl/N-ethyl adjacent to an activating group) is 1. The molecule has 0 spiro atoms. The molecular weight excluding hydrogens is 420 g/mol. The monoisotopic (exact) mass is 452 g/mol. The number of aromatic nitrogens is 1. The summed E-state index contributed by atoms with van der Waals surface area (Å²) < 4.78 is 6.03. The quantitative estimate of drug-likeness (QED) is 0.332. The average Bonchev–Trinajstić information content (AvgIpc) is 3.26. The van der Waals surface area contributed by atoms with Crippen molar-refractivity contribution in [1.29, 1.82) is 0 Å². The Morgan fingerprint density at radius 3 is 2.71 bits per heavy atom. The number of para-hydroxylation sites is 1. The van der Waals surface area contributed by atoms with Crippen molar-refractivity contribution < 1.29 is 4.74 Å². The van der Waals surface area contributed by atoms with Gasteiger partial charge in [0.25, 0.3) is 0 Å². The van der Waals surface area contributed by atoms with Gasteiger partial charge in [0.1, 0.15) is 18.2 Å². The van der Waals surface area contributed by atoms with Crippen molar-refractivity contribution in [3.8, 4) is 5.75 Å². The molecule has 1 aromatic heterocycles. The summed E-state index contributed by atoms with van der Waals surface area (Å²) >= 11 is 0. The first-order valence-corrected chi connectivity index (χ1v) is 12.0. The predicted octanol–water partition coefficient (Wildman–Crippen LogP) is 5.89. The number of ether oxygens (including phenoxy) is 1. The number of nitrogens with one attached hydrogen (secondary N) is 2. The Kier molecular flexibility index (Phi) is 6.63. The lowest BCUT2D eigenvalue weighted by atomic mass is 10.1. The van der Waals surface area contributed by atoms with Crippen LogP contribution in [-0.2, 0) is 13.0 Å². The second-order valence-corrected chi connectivity index (χ2v) is 9.12. The van der Waals surface area contributed by atoms with Crippen LogP contribution >= 0.6 is 0 Å². The highest BCUT2D eigenvalue weighted by Gasteiger charge is 2.22. The van der Waals surface area contributed by atoms with Gasteiger partial charge in [-0.1, -0.05) is 48.5 Å². The number of rotatable bonds is 9. The molecule has 1 aliphatic carbocycles. The van der Waals surface area contributed by atoms with Crippen LogP contribution in [0, 0.1) is 0 Å². The summed E-state index contributed by atoms with van der Waals surface area (Å²) in [5.41, 5.74) is 6.04. The number of fused-ring (bicyclic) bond motifs is 2. The van der Waals surface area contributed by atoms with E-state index < -0.39 is 0 Å². The lowest BCUT2D eigenvalue weighted by Crippen LogP contribution is -2.19. The molecule has 4 aromatic rings. The van der Waals surface area contributed by atoms with E-state index in [0.717, 1.165) is 53.1 Å². The molecule has 5 nitrogen and oxygen atoms in total. The fourth-order valence-electron chi connectivity index (χ4n) is 4.59. The van der Waals surface area contributed by atoms with Gasteiger partial charge < -0.3 is 20.3 Å². The van der Waals surface area contributed by atoms with Gasteiger partial charge in [-0.2, -0.15) is 0 Å². The Morgan fingerprint density at radius 2 is 1.79 bits per heavy atom. The second-order valence-electron chi connectivity index (χ2n) is 9.12. The molecule has 34 heavy (non-hydrogen) atoms. The normalized spacial score (nSPS) is 14.9. The minimum Gasteiger partial charge on any atom is -0.492 e. The largest absolute Gasteiger partial charge is 0.492 e. The Bertz CT molecular complexity index is 1270. The van der Waals surface area contributed by atoms with E-state index in [-0.39, 0.29) is 0 Å². The highest BCUT2D eigenvalue weighted by molar-refractivity contribution is 5.92. The Hall–Kier alpha value is -3.57. The molecule has 0 radical (unpaired) electrons. The van der Waals surface area contributed by atoms with Gasteiger partial charge in [0, 0.05) is 29.7 Å². The number of pyridine rings is 1. The zero-order chi connectivity index (χ0) is 23.3. The first kappa shape index (κ1) is 22.2. The van der Waals surface area contributed by atoms with E-state index >= 15 is 0 Å². The van der Waals surface area contributed by atoms with Gasteiger partial charge in [0.15, 0.2) is 0 Å². The molecule has 0 saturated heterocycles. The number of benzene rings is 3. The van der Waals surface area contributed by atoms with Gasteiger partial charge in [-0.05, 0) is 68.4 Å². The molecule has 0 aliphatic heterocycles. The van der Waals surface area contributed by atoms with Crippen LogP contribution in [0.2, 0.25) is 0 Å². The van der Waals surface area contributed by atoms with Crippen LogP contribution < -0.4 is 15.4 Å². The van der Waals surface area contributed by atoms with Crippen LogP contribution in [-0.4, -0.2) is 37.1 Å². The van der Waals surface area contributed by atoms with Crippen molar-refractivity contribution >= 4 is 22.4 Å². The predicted molar refractivity (Wildman–Crippen MR) is 141 cm³/mol. The van der Waals surface area contributed by atoms with Crippen molar-refractivity contribution in [2.24, 2.45) is 0 Å². The summed E-state index contributed by atoms with van der Waals surface area (Å²) in [4.78, 5) is 7.04. The number of nitrogens with zero attached hydrogens (tertiary/aromatic N) is 2. The molecule has 1 heterocycles. The van der Waals surface area contributed by atoms with Gasteiger partial charge in [0.2, 0.25) is 0 Å². The zero-order valence-electron chi connectivity index (χ0n) is 19.9. The lowest BCUT2D eigenvalue weighted by molar-refractivity contribution is 0.259. The molecule has 0 amide bonds. The highest BCUT2D eigenvalue weighted by atomic mass is 16.5. The van der Waals surface area contributed by atoms with Crippen LogP contribution in [0.25, 0.3) is 10.9 Å². The van der Waals surface area contributed by atoms with E-state index in [0.29, 0.717) is 19.2 Å². The Labute approximate surface area is 201 Å². The fourth-order valence-corrected chi connectivity index (χ4v) is 4.59. The maximum atomic E-state index is 6.03. The van der Waals surface area contributed by atoms with Gasteiger partial charge >= 0.3 is 0 Å². The first-order chi connectivity index (χ1) is 16.7. The smallest absolute Gasteiger partial charge is 0.127 e. The van der Waals surface area contributed by atoms with Crippen molar-refractivity contribution in [2.75, 3.05) is 37.9 Å². The Balaban J connectivity index is 1.29. The van der Waals surface area contributed by atoms with Crippen molar-refractivity contribution in [2.45, 2.75) is 25.4 Å². The van der Waals surface area contributed by atoms with Crippen molar-refractivity contribution in [1.82, 2.24) is 9.88 Å². The summed E-state index contributed by atoms with van der Waals surface area (Å²) in [5.74, 6) is 1.85. The SMILES string of the molecule is CN(C)CCOc1ccccc1CNc1cccc2nc(N[C@@H]3CCc4ccccc43)ccc12. The van der Waals surface area contributed by atoms with E-state index in [1.54, 1.807) is 0 Å². The number of hydrogen-bond donors (Lipinski definition) is 2. The minimum absolute atomic E-state index is 0.325. The van der Waals surface area contributed by atoms with Gasteiger partial charge in [-0.3, -0.25) is 0 Å². The van der Waals surface area contributed by atoms with Gasteiger partial charge in [-0.25, -0.2) is 4.98 Å². The van der Waals surface area contributed by atoms with Crippen LogP contribution in [0.4, 0.5) is 11.5 Å². The lowest BCUT2D eigenvalue weighted by Gasteiger charge is -2.17. The van der Waals surface area contributed by atoms with Crippen LogP contribution in [0.15, 0.2) is 78.9 Å². The van der Waals surface area contributed by atoms with Gasteiger partial charge in [-0.15, -0.1) is 0 Å². The fraction of sp³-hybridized carbons (Fsp3) is 0.276. The first-order valence-electron chi connectivity index (χ1n) is 12.0. The summed E-state index contributed by atoms with van der Waals surface area (Å²) in [6, 6.07) is 27.8. The number of aryl methyl sites for hydroxylation is 1. The van der Waals surface area contributed by atoms with Crippen LogP contribution in [0.5, 0.6) is 5.75 Å². The van der Waals surface area contributed by atoms with E-state index in [9.17, 15) is 0 Å². The van der Waals surface area contributed by atoms with E-state index in [1.165, 1.54) is 11.1 Å². The Morgan fingerprint density at radius 1 is 0.941 bits per heavy atom. The summed E-state index contributed by atoms with van der Waals surface area (Å²) in [6.07, 6.45) is 2.23. The number of anilines is 2. The molecule has 2 N–H and O–H groups in total. The highest BCUT2D eigenvalue weighted by Crippen LogP contribution is 2.34. The third kappa shape index (κ3) is 5.00. The van der Waals surface area contributed by atoms with Crippen molar-refractivity contribution in [3.05, 3.63) is 95.6 Å². The molecule has 1 aliphatic rings. The summed E-state index contributed by atoms with van der Waals surface area (Å²) in [6.45, 7) is 2.25. The molecule has 1 atom stereocenters. The third-order valence-electron chi connectivity index (χ3n) is 6.42. The third-order valence-corrected chi connectivity index (χ3v) is 6.42. The summed E-state index contributed by atoms with van der Waals surface area (Å²) in [5, 5.41) is 8.36. The zero-order valence-corrected chi connectivity index (χ0v) is 19.9. The minimum atomic E-state index is 0.325. The average molecular weight is 453 g/mol. The standard InChI is InChI=1S/C29H32N4O/c1-33(2)18-19-34-28-13-6-4-9-22(28)20-30-25-11-7-12-26-24(25)15-17-29(31-26)32-27-16-14-21-8-3-5-10-23(21)27/h3-13,15,17,27,30H,14,16,18-20H2,1-2H3,(H,31,32)/t27-/m1/s1. The van der Waals surface area contributed by atoms with Crippen molar-refractivity contribution in [3.63, 3.8) is 0 Å². The molecule has 3 aromatic carbocycles. The second kappa shape index (κ2) is 10.1. The van der Waals surface area contributed by atoms with Gasteiger partial charge in [0.05, 0.1) is 11.6 Å². The number of hydrogen-bond acceptors (Lipinski definition) is 5. The molecular formula is C29H32N4O. The van der Waals surface area contributed by atoms with Crippen LogP contribution in [0.1, 0.15) is 29.2 Å². The maximum absolute atomic E-state index is 6.03. The molecule has 0 saturated carbocycles. The molecule has 5 rings (SSSR count). The molecule has 5 heteroatoms.